The molecule has 0 spiro atoms. The van der Waals surface area contributed by atoms with E-state index in [1.807, 2.05) is 0 Å². The molecule has 1 aliphatic heterocycles. The monoisotopic (exact) mass is 263 g/mol. The molecule has 8 heteroatoms. The van der Waals surface area contributed by atoms with Crippen LogP contribution >= 0.6 is 0 Å². The summed E-state index contributed by atoms with van der Waals surface area (Å²) >= 11 is 0. The number of rotatable bonds is 2. The number of nitrogens with one attached hydrogen (secondary N) is 2. The zero-order valence-electron chi connectivity index (χ0n) is 10.1. The average molecular weight is 263 g/mol. The minimum Gasteiger partial charge on any atom is -0.392 e. The van der Waals surface area contributed by atoms with Crippen molar-refractivity contribution in [2.75, 3.05) is 13.1 Å². The summed E-state index contributed by atoms with van der Waals surface area (Å²) < 4.78 is 4.95. The van der Waals surface area contributed by atoms with Crippen molar-refractivity contribution in [1.82, 2.24) is 25.3 Å². The summed E-state index contributed by atoms with van der Waals surface area (Å²) in [7, 11) is 0. The molecule has 3 rings (SSSR count). The van der Waals surface area contributed by atoms with E-state index < -0.39 is 5.76 Å². The van der Waals surface area contributed by atoms with Gasteiger partial charge in [0.05, 0.1) is 0 Å². The molecule has 0 atom stereocenters. The SMILES string of the molecule is O=C(c1ccn[nH]1)N1CCC(c2n[nH]c(=O)o2)CC1. The topological polar surface area (TPSA) is 108 Å². The van der Waals surface area contributed by atoms with Crippen LogP contribution in [-0.4, -0.2) is 44.3 Å². The summed E-state index contributed by atoms with van der Waals surface area (Å²) in [6.45, 7) is 1.22. The normalized spacial score (nSPS) is 16.7. The Bertz CT molecular complexity index is 606. The van der Waals surface area contributed by atoms with Gasteiger partial charge in [-0.3, -0.25) is 9.89 Å². The van der Waals surface area contributed by atoms with Crippen LogP contribution < -0.4 is 5.76 Å². The van der Waals surface area contributed by atoms with Gasteiger partial charge >= 0.3 is 5.76 Å². The maximum Gasteiger partial charge on any atom is 0.434 e. The summed E-state index contributed by atoms with van der Waals surface area (Å²) in [4.78, 5) is 24.7. The minimum absolute atomic E-state index is 0.0561. The number of amides is 1. The molecule has 3 heterocycles. The maximum absolute atomic E-state index is 12.1. The number of likely N-dealkylation sites (tertiary alicyclic amines) is 1. The van der Waals surface area contributed by atoms with E-state index >= 15 is 0 Å². The highest BCUT2D eigenvalue weighted by Gasteiger charge is 2.27. The summed E-state index contributed by atoms with van der Waals surface area (Å²) in [6, 6.07) is 1.65. The first-order valence-electron chi connectivity index (χ1n) is 6.08. The summed E-state index contributed by atoms with van der Waals surface area (Å²) in [5, 5.41) is 12.5. The number of hydrogen-bond donors (Lipinski definition) is 2. The Kier molecular flexibility index (Phi) is 2.90. The summed E-state index contributed by atoms with van der Waals surface area (Å²) in [6.07, 6.45) is 3.01. The van der Waals surface area contributed by atoms with Crippen molar-refractivity contribution < 1.29 is 9.21 Å². The third-order valence-corrected chi connectivity index (χ3v) is 3.32. The molecule has 0 unspecified atom stereocenters. The highest BCUT2D eigenvalue weighted by molar-refractivity contribution is 5.92. The van der Waals surface area contributed by atoms with Gasteiger partial charge in [0.1, 0.15) is 5.69 Å². The molecular weight excluding hydrogens is 250 g/mol. The second-order valence-corrected chi connectivity index (χ2v) is 4.49. The fraction of sp³-hybridized carbons (Fsp3) is 0.455. The maximum atomic E-state index is 12.1. The Hall–Kier alpha value is -2.38. The van der Waals surface area contributed by atoms with E-state index in [9.17, 15) is 9.59 Å². The molecule has 1 saturated heterocycles. The largest absolute Gasteiger partial charge is 0.434 e. The number of nitrogens with zero attached hydrogens (tertiary/aromatic N) is 3. The van der Waals surface area contributed by atoms with Gasteiger partial charge in [0, 0.05) is 25.2 Å². The molecule has 1 amide bonds. The quantitative estimate of drug-likeness (QED) is 0.799. The van der Waals surface area contributed by atoms with Gasteiger partial charge in [-0.15, -0.1) is 5.10 Å². The van der Waals surface area contributed by atoms with Crippen LogP contribution in [0.4, 0.5) is 0 Å². The smallest absolute Gasteiger partial charge is 0.392 e. The zero-order chi connectivity index (χ0) is 13.2. The molecule has 0 aliphatic carbocycles. The lowest BCUT2D eigenvalue weighted by molar-refractivity contribution is 0.0700. The zero-order valence-corrected chi connectivity index (χ0v) is 10.1. The second-order valence-electron chi connectivity index (χ2n) is 4.49. The molecule has 2 aromatic heterocycles. The number of piperidine rings is 1. The predicted octanol–water partition coefficient (Wildman–Crippen LogP) is 0.106. The van der Waals surface area contributed by atoms with Crippen molar-refractivity contribution in [3.63, 3.8) is 0 Å². The van der Waals surface area contributed by atoms with Crippen molar-refractivity contribution in [3.8, 4) is 0 Å². The van der Waals surface area contributed by atoms with E-state index in [1.165, 1.54) is 0 Å². The van der Waals surface area contributed by atoms with E-state index in [4.69, 9.17) is 4.42 Å². The average Bonchev–Trinajstić information content (AvgIpc) is 3.09. The highest BCUT2D eigenvalue weighted by Crippen LogP contribution is 2.26. The van der Waals surface area contributed by atoms with E-state index in [-0.39, 0.29) is 11.8 Å². The van der Waals surface area contributed by atoms with Gasteiger partial charge in [0.15, 0.2) is 0 Å². The lowest BCUT2D eigenvalue weighted by Crippen LogP contribution is -2.38. The Morgan fingerprint density at radius 3 is 2.74 bits per heavy atom. The van der Waals surface area contributed by atoms with Gasteiger partial charge in [0.2, 0.25) is 5.89 Å². The van der Waals surface area contributed by atoms with Crippen LogP contribution in [-0.2, 0) is 0 Å². The van der Waals surface area contributed by atoms with E-state index in [2.05, 4.69) is 20.4 Å². The van der Waals surface area contributed by atoms with Crippen molar-refractivity contribution in [1.29, 1.82) is 0 Å². The van der Waals surface area contributed by atoms with Gasteiger partial charge in [-0.05, 0) is 18.9 Å². The standard InChI is InChI=1S/C11H13N5O3/c17-10(8-1-4-12-13-8)16-5-2-7(3-6-16)9-14-15-11(18)19-9/h1,4,7H,2-3,5-6H2,(H,12,13)(H,15,18). The molecular formula is C11H13N5O3. The lowest BCUT2D eigenvalue weighted by atomic mass is 9.96. The molecule has 0 saturated carbocycles. The van der Waals surface area contributed by atoms with Gasteiger partial charge in [-0.1, -0.05) is 0 Å². The number of carbonyl (C=O) groups is 1. The van der Waals surface area contributed by atoms with Crippen LogP contribution in [0.5, 0.6) is 0 Å². The minimum atomic E-state index is -0.536. The van der Waals surface area contributed by atoms with E-state index in [1.54, 1.807) is 17.2 Å². The molecule has 8 nitrogen and oxygen atoms in total. The van der Waals surface area contributed by atoms with Crippen molar-refractivity contribution in [2.45, 2.75) is 18.8 Å². The lowest BCUT2D eigenvalue weighted by Gasteiger charge is -2.29. The Morgan fingerprint density at radius 1 is 1.37 bits per heavy atom. The highest BCUT2D eigenvalue weighted by atomic mass is 16.4. The fourth-order valence-corrected chi connectivity index (χ4v) is 2.29. The first-order chi connectivity index (χ1) is 9.24. The van der Waals surface area contributed by atoms with Gasteiger partial charge in [-0.25, -0.2) is 9.89 Å². The van der Waals surface area contributed by atoms with Crippen LogP contribution in [0.15, 0.2) is 21.5 Å². The number of carbonyl (C=O) groups excluding carboxylic acids is 1. The number of aromatic amines is 2. The first kappa shape index (κ1) is 11.7. The Labute approximate surface area is 107 Å². The predicted molar refractivity (Wildman–Crippen MR) is 63.6 cm³/mol. The molecule has 0 radical (unpaired) electrons. The molecule has 0 aromatic carbocycles. The van der Waals surface area contributed by atoms with Crippen molar-refractivity contribution >= 4 is 5.91 Å². The first-order valence-corrected chi connectivity index (χ1v) is 6.08. The third kappa shape index (κ3) is 2.28. The molecule has 2 N–H and O–H groups in total. The van der Waals surface area contributed by atoms with Gasteiger partial charge < -0.3 is 9.32 Å². The Morgan fingerprint density at radius 2 is 2.16 bits per heavy atom. The number of hydrogen-bond acceptors (Lipinski definition) is 5. The van der Waals surface area contributed by atoms with Gasteiger partial charge in [0.25, 0.3) is 5.91 Å². The van der Waals surface area contributed by atoms with Crippen molar-refractivity contribution in [3.05, 3.63) is 34.4 Å². The van der Waals surface area contributed by atoms with Crippen LogP contribution in [0.2, 0.25) is 0 Å². The van der Waals surface area contributed by atoms with Crippen LogP contribution in [0.25, 0.3) is 0 Å². The van der Waals surface area contributed by atoms with Crippen LogP contribution in [0.3, 0.4) is 0 Å². The summed E-state index contributed by atoms with van der Waals surface area (Å²) in [5.74, 6) is -0.0752. The second kappa shape index (κ2) is 4.71. The summed E-state index contributed by atoms with van der Waals surface area (Å²) in [5.41, 5.74) is 0.491. The van der Waals surface area contributed by atoms with Gasteiger partial charge in [-0.2, -0.15) is 5.10 Å². The van der Waals surface area contributed by atoms with E-state index in [0.717, 1.165) is 12.8 Å². The van der Waals surface area contributed by atoms with Crippen LogP contribution in [0, 0.1) is 0 Å². The fourth-order valence-electron chi connectivity index (χ4n) is 2.29. The number of H-pyrrole nitrogens is 2. The van der Waals surface area contributed by atoms with Crippen molar-refractivity contribution in [2.24, 2.45) is 0 Å². The molecule has 2 aromatic rings. The molecule has 100 valence electrons. The van der Waals surface area contributed by atoms with Crippen LogP contribution in [0.1, 0.15) is 35.1 Å². The number of aromatic nitrogens is 4. The molecule has 1 aliphatic rings. The Balaban J connectivity index is 1.63. The third-order valence-electron chi connectivity index (χ3n) is 3.32. The van der Waals surface area contributed by atoms with E-state index in [0.29, 0.717) is 24.7 Å². The molecule has 1 fully saturated rings. The molecule has 0 bridgehead atoms. The molecule has 19 heavy (non-hydrogen) atoms.